The summed E-state index contributed by atoms with van der Waals surface area (Å²) in [6.07, 6.45) is 1.84. The number of aromatic nitrogens is 1. The van der Waals surface area contributed by atoms with Crippen molar-refractivity contribution in [2.45, 2.75) is 13.0 Å². The van der Waals surface area contributed by atoms with Crippen LogP contribution < -0.4 is 5.32 Å². The van der Waals surface area contributed by atoms with E-state index in [4.69, 9.17) is 0 Å². The van der Waals surface area contributed by atoms with E-state index in [2.05, 4.69) is 65.8 Å². The average molecular weight is 262 g/mol. The number of benzene rings is 2. The van der Waals surface area contributed by atoms with E-state index in [1.807, 2.05) is 19.3 Å². The Morgan fingerprint density at radius 1 is 1.00 bits per heavy atom. The summed E-state index contributed by atoms with van der Waals surface area (Å²) in [6, 6.07) is 19.3. The fraction of sp³-hybridized carbons (Fsp3) is 0.167. The first-order valence-corrected chi connectivity index (χ1v) is 6.87. The monoisotopic (exact) mass is 262 g/mol. The van der Waals surface area contributed by atoms with E-state index in [9.17, 15) is 0 Å². The van der Waals surface area contributed by atoms with Crippen LogP contribution in [0.5, 0.6) is 0 Å². The summed E-state index contributed by atoms with van der Waals surface area (Å²) >= 11 is 0. The normalized spacial score (nSPS) is 12.5. The van der Waals surface area contributed by atoms with Gasteiger partial charge in [0.15, 0.2) is 0 Å². The molecule has 1 heterocycles. The number of hydrogen-bond acceptors (Lipinski definition) is 2. The van der Waals surface area contributed by atoms with Crippen LogP contribution in [-0.4, -0.2) is 12.0 Å². The van der Waals surface area contributed by atoms with Gasteiger partial charge in [0.1, 0.15) is 0 Å². The maximum absolute atomic E-state index is 4.44. The van der Waals surface area contributed by atoms with Crippen molar-refractivity contribution in [3.63, 3.8) is 0 Å². The molecular formula is C18H18N2. The smallest absolute Gasteiger partial charge is 0.0705 e. The van der Waals surface area contributed by atoms with Crippen molar-refractivity contribution < 1.29 is 0 Å². The number of nitrogens with one attached hydrogen (secondary N) is 1. The molecule has 0 spiro atoms. The van der Waals surface area contributed by atoms with Crippen LogP contribution in [0, 0.1) is 6.92 Å². The van der Waals surface area contributed by atoms with Crippen LogP contribution >= 0.6 is 0 Å². The highest BCUT2D eigenvalue weighted by Gasteiger charge is 2.14. The Kier molecular flexibility index (Phi) is 3.48. The molecule has 2 heteroatoms. The maximum atomic E-state index is 4.44. The van der Waals surface area contributed by atoms with E-state index in [0.29, 0.717) is 0 Å². The lowest BCUT2D eigenvalue weighted by atomic mass is 9.94. The zero-order chi connectivity index (χ0) is 13.9. The summed E-state index contributed by atoms with van der Waals surface area (Å²) in [7, 11) is 2.00. The molecule has 0 saturated carbocycles. The highest BCUT2D eigenvalue weighted by molar-refractivity contribution is 5.83. The standard InChI is InChI=1S/C18H18N2/c1-13-6-3-7-14(12-13)18(19-2)16-8-4-10-17-15(16)9-5-11-20-17/h3-12,18-19H,1-2H3. The summed E-state index contributed by atoms with van der Waals surface area (Å²) in [5.41, 5.74) is 4.87. The van der Waals surface area contributed by atoms with Crippen molar-refractivity contribution in [2.24, 2.45) is 0 Å². The third-order valence-electron chi connectivity index (χ3n) is 3.65. The molecule has 100 valence electrons. The molecule has 0 bridgehead atoms. The predicted molar refractivity (Wildman–Crippen MR) is 83.8 cm³/mol. The highest BCUT2D eigenvalue weighted by Crippen LogP contribution is 2.28. The van der Waals surface area contributed by atoms with Crippen LogP contribution in [0.15, 0.2) is 60.8 Å². The fourth-order valence-electron chi connectivity index (χ4n) is 2.73. The van der Waals surface area contributed by atoms with Gasteiger partial charge < -0.3 is 5.32 Å². The lowest BCUT2D eigenvalue weighted by molar-refractivity contribution is 0.696. The van der Waals surface area contributed by atoms with Crippen LogP contribution in [0.3, 0.4) is 0 Å². The van der Waals surface area contributed by atoms with E-state index >= 15 is 0 Å². The van der Waals surface area contributed by atoms with Crippen molar-refractivity contribution in [2.75, 3.05) is 7.05 Å². The van der Waals surface area contributed by atoms with Gasteiger partial charge in [-0.2, -0.15) is 0 Å². The second kappa shape index (κ2) is 5.43. The minimum atomic E-state index is 0.183. The summed E-state index contributed by atoms with van der Waals surface area (Å²) in [5.74, 6) is 0. The number of rotatable bonds is 3. The molecule has 2 nitrogen and oxygen atoms in total. The molecule has 0 aliphatic carbocycles. The van der Waals surface area contributed by atoms with E-state index in [0.717, 1.165) is 5.52 Å². The fourth-order valence-corrected chi connectivity index (χ4v) is 2.73. The molecule has 0 fully saturated rings. The van der Waals surface area contributed by atoms with Crippen LogP contribution in [0.1, 0.15) is 22.7 Å². The second-order valence-corrected chi connectivity index (χ2v) is 5.05. The average Bonchev–Trinajstić information content (AvgIpc) is 2.48. The third kappa shape index (κ3) is 2.30. The molecule has 3 rings (SSSR count). The third-order valence-corrected chi connectivity index (χ3v) is 3.65. The molecular weight excluding hydrogens is 244 g/mol. The van der Waals surface area contributed by atoms with E-state index in [-0.39, 0.29) is 6.04 Å². The first-order valence-electron chi connectivity index (χ1n) is 6.87. The Hall–Kier alpha value is -2.19. The van der Waals surface area contributed by atoms with Gasteiger partial charge in [-0.3, -0.25) is 4.98 Å². The Labute approximate surface area is 119 Å². The molecule has 1 unspecified atom stereocenters. The van der Waals surface area contributed by atoms with Crippen molar-refractivity contribution in [1.82, 2.24) is 10.3 Å². The number of aryl methyl sites for hydroxylation is 1. The van der Waals surface area contributed by atoms with Gasteiger partial charge in [-0.1, -0.05) is 48.0 Å². The Balaban J connectivity index is 2.17. The lowest BCUT2D eigenvalue weighted by Crippen LogP contribution is -2.18. The largest absolute Gasteiger partial charge is 0.309 e. The van der Waals surface area contributed by atoms with Crippen LogP contribution in [0.4, 0.5) is 0 Å². The Morgan fingerprint density at radius 2 is 1.85 bits per heavy atom. The maximum Gasteiger partial charge on any atom is 0.0705 e. The molecule has 0 saturated heterocycles. The number of pyridine rings is 1. The zero-order valence-corrected chi connectivity index (χ0v) is 11.8. The van der Waals surface area contributed by atoms with Crippen LogP contribution in [0.25, 0.3) is 10.9 Å². The van der Waals surface area contributed by atoms with E-state index in [1.165, 1.54) is 22.1 Å². The zero-order valence-electron chi connectivity index (χ0n) is 11.8. The SMILES string of the molecule is CNC(c1cccc(C)c1)c1cccc2ncccc12. The molecule has 1 N–H and O–H groups in total. The van der Waals surface area contributed by atoms with Gasteiger partial charge in [-0.05, 0) is 37.2 Å². The topological polar surface area (TPSA) is 24.9 Å². The van der Waals surface area contributed by atoms with Gasteiger partial charge in [-0.15, -0.1) is 0 Å². The molecule has 0 radical (unpaired) electrons. The van der Waals surface area contributed by atoms with E-state index in [1.54, 1.807) is 0 Å². The summed E-state index contributed by atoms with van der Waals surface area (Å²) < 4.78 is 0. The van der Waals surface area contributed by atoms with Gasteiger partial charge in [0, 0.05) is 11.6 Å². The molecule has 3 aromatic rings. The van der Waals surface area contributed by atoms with Gasteiger partial charge in [0.2, 0.25) is 0 Å². The van der Waals surface area contributed by atoms with Gasteiger partial charge in [0.25, 0.3) is 0 Å². The van der Waals surface area contributed by atoms with E-state index < -0.39 is 0 Å². The molecule has 0 aliphatic heterocycles. The summed E-state index contributed by atoms with van der Waals surface area (Å²) in [4.78, 5) is 4.44. The molecule has 1 aromatic heterocycles. The number of nitrogens with zero attached hydrogens (tertiary/aromatic N) is 1. The molecule has 2 aromatic carbocycles. The van der Waals surface area contributed by atoms with Gasteiger partial charge in [-0.25, -0.2) is 0 Å². The number of fused-ring (bicyclic) bond motifs is 1. The first-order chi connectivity index (χ1) is 9.79. The van der Waals surface area contributed by atoms with Crippen molar-refractivity contribution in [1.29, 1.82) is 0 Å². The number of hydrogen-bond donors (Lipinski definition) is 1. The van der Waals surface area contributed by atoms with Crippen LogP contribution in [-0.2, 0) is 0 Å². The van der Waals surface area contributed by atoms with Gasteiger partial charge >= 0.3 is 0 Å². The van der Waals surface area contributed by atoms with Crippen molar-refractivity contribution in [3.8, 4) is 0 Å². The van der Waals surface area contributed by atoms with Crippen LogP contribution in [0.2, 0.25) is 0 Å². The second-order valence-electron chi connectivity index (χ2n) is 5.05. The highest BCUT2D eigenvalue weighted by atomic mass is 14.9. The molecule has 20 heavy (non-hydrogen) atoms. The molecule has 0 amide bonds. The quantitative estimate of drug-likeness (QED) is 0.775. The van der Waals surface area contributed by atoms with Crippen molar-refractivity contribution >= 4 is 10.9 Å². The minimum absolute atomic E-state index is 0.183. The predicted octanol–water partition coefficient (Wildman–Crippen LogP) is 3.85. The summed E-state index contributed by atoms with van der Waals surface area (Å²) in [6.45, 7) is 2.13. The van der Waals surface area contributed by atoms with Crippen molar-refractivity contribution in [3.05, 3.63) is 77.5 Å². The Bertz CT molecular complexity index is 729. The van der Waals surface area contributed by atoms with Gasteiger partial charge in [0.05, 0.1) is 11.6 Å². The lowest BCUT2D eigenvalue weighted by Gasteiger charge is -2.19. The summed E-state index contributed by atoms with van der Waals surface area (Å²) in [5, 5.41) is 4.63. The minimum Gasteiger partial charge on any atom is -0.309 e. The molecule has 1 atom stereocenters. The first kappa shape index (κ1) is 12.8. The molecule has 0 aliphatic rings. The Morgan fingerprint density at radius 3 is 2.65 bits per heavy atom.